The summed E-state index contributed by atoms with van der Waals surface area (Å²) in [5, 5.41) is 11.9. The van der Waals surface area contributed by atoms with Gasteiger partial charge in [-0.25, -0.2) is 4.79 Å². The number of benzene rings is 1. The summed E-state index contributed by atoms with van der Waals surface area (Å²) in [4.78, 5) is 38.3. The van der Waals surface area contributed by atoms with Crippen LogP contribution in [0.15, 0.2) is 18.2 Å². The predicted octanol–water partition coefficient (Wildman–Crippen LogP) is 2.38. The Balaban J connectivity index is 2.07. The highest BCUT2D eigenvalue weighted by Crippen LogP contribution is 2.20. The third-order valence-corrected chi connectivity index (χ3v) is 4.78. The summed E-state index contributed by atoms with van der Waals surface area (Å²) in [6, 6.07) is 4.82. The number of likely N-dealkylation sites (tertiary alicyclic amines) is 1. The van der Waals surface area contributed by atoms with E-state index in [4.69, 9.17) is 0 Å². The Bertz CT molecular complexity index is 679. The molecule has 1 heterocycles. The van der Waals surface area contributed by atoms with Gasteiger partial charge in [-0.3, -0.25) is 9.59 Å². The fourth-order valence-corrected chi connectivity index (χ4v) is 3.44. The summed E-state index contributed by atoms with van der Waals surface area (Å²) in [6.07, 6.45) is 1.39. The lowest BCUT2D eigenvalue weighted by Crippen LogP contribution is -2.50. The summed E-state index contributed by atoms with van der Waals surface area (Å²) >= 11 is 0. The molecule has 0 spiro atoms. The maximum Gasteiger partial charge on any atom is 0.326 e. The molecule has 0 radical (unpaired) electrons. The van der Waals surface area contributed by atoms with E-state index in [1.807, 2.05) is 32.0 Å². The van der Waals surface area contributed by atoms with Crippen molar-refractivity contribution in [3.8, 4) is 0 Å². The van der Waals surface area contributed by atoms with Crippen LogP contribution in [0.3, 0.4) is 0 Å². The van der Waals surface area contributed by atoms with Crippen LogP contribution in [-0.4, -0.2) is 46.9 Å². The molecule has 1 saturated heterocycles. The van der Waals surface area contributed by atoms with Crippen molar-refractivity contribution in [2.75, 3.05) is 13.1 Å². The van der Waals surface area contributed by atoms with Gasteiger partial charge in [-0.15, -0.1) is 0 Å². The summed E-state index contributed by atoms with van der Waals surface area (Å²) in [5.74, 6) is -1.98. The molecule has 142 valence electrons. The van der Waals surface area contributed by atoms with Crippen LogP contribution in [0.2, 0.25) is 0 Å². The van der Waals surface area contributed by atoms with Gasteiger partial charge in [0.2, 0.25) is 5.91 Å². The second-order valence-corrected chi connectivity index (χ2v) is 7.54. The summed E-state index contributed by atoms with van der Waals surface area (Å²) in [5.41, 5.74) is 2.69. The van der Waals surface area contributed by atoms with Crippen molar-refractivity contribution in [3.05, 3.63) is 34.9 Å². The molecular weight excluding hydrogens is 332 g/mol. The minimum absolute atomic E-state index is 0.0760. The maximum atomic E-state index is 12.8. The highest BCUT2D eigenvalue weighted by Gasteiger charge is 2.32. The van der Waals surface area contributed by atoms with E-state index < -0.39 is 12.0 Å². The Hall–Kier alpha value is -2.37. The zero-order valence-corrected chi connectivity index (χ0v) is 15.9. The number of piperidine rings is 1. The molecule has 0 bridgehead atoms. The summed E-state index contributed by atoms with van der Waals surface area (Å²) < 4.78 is 0. The number of nitrogens with one attached hydrogen (secondary N) is 1. The summed E-state index contributed by atoms with van der Waals surface area (Å²) in [7, 11) is 0. The number of amides is 2. The molecule has 1 aliphatic rings. The number of aryl methyl sites for hydroxylation is 2. The molecule has 2 amide bonds. The average molecular weight is 360 g/mol. The van der Waals surface area contributed by atoms with Crippen LogP contribution in [-0.2, 0) is 9.59 Å². The lowest BCUT2D eigenvalue weighted by molar-refractivity contribution is -0.144. The minimum atomic E-state index is -1.03. The second kappa shape index (κ2) is 8.34. The number of carbonyl (C=O) groups excluding carboxylic acids is 2. The molecule has 1 aliphatic heterocycles. The van der Waals surface area contributed by atoms with Crippen LogP contribution in [0.1, 0.15) is 48.2 Å². The highest BCUT2D eigenvalue weighted by molar-refractivity contribution is 5.95. The van der Waals surface area contributed by atoms with Crippen molar-refractivity contribution in [2.45, 2.75) is 46.6 Å². The first-order valence-corrected chi connectivity index (χ1v) is 9.09. The number of rotatable bonds is 5. The largest absolute Gasteiger partial charge is 0.480 e. The van der Waals surface area contributed by atoms with E-state index in [0.29, 0.717) is 25.1 Å². The number of hydrogen-bond donors (Lipinski definition) is 2. The Labute approximate surface area is 154 Å². The Morgan fingerprint density at radius 1 is 1.15 bits per heavy atom. The first kappa shape index (κ1) is 19.9. The smallest absolute Gasteiger partial charge is 0.326 e. The molecule has 1 aromatic carbocycles. The fourth-order valence-electron chi connectivity index (χ4n) is 3.44. The second-order valence-electron chi connectivity index (χ2n) is 7.54. The van der Waals surface area contributed by atoms with Crippen molar-refractivity contribution >= 4 is 17.8 Å². The fraction of sp³-hybridized carbons (Fsp3) is 0.550. The number of carboxylic acid groups (broad SMARTS) is 1. The minimum Gasteiger partial charge on any atom is -0.480 e. The first-order chi connectivity index (χ1) is 12.2. The van der Waals surface area contributed by atoms with Gasteiger partial charge < -0.3 is 15.3 Å². The normalized spacial score (nSPS) is 18.5. The van der Waals surface area contributed by atoms with E-state index in [1.54, 1.807) is 18.7 Å². The molecule has 0 aromatic heterocycles. The number of hydrogen-bond acceptors (Lipinski definition) is 3. The lowest BCUT2D eigenvalue weighted by Gasteiger charge is -2.33. The number of aliphatic carboxylic acids is 1. The van der Waals surface area contributed by atoms with E-state index in [0.717, 1.165) is 17.5 Å². The molecule has 0 saturated carbocycles. The monoisotopic (exact) mass is 360 g/mol. The molecule has 2 rings (SSSR count). The number of carboxylic acids is 1. The maximum absolute atomic E-state index is 12.8. The van der Waals surface area contributed by atoms with Crippen LogP contribution in [0.25, 0.3) is 0 Å². The van der Waals surface area contributed by atoms with Gasteiger partial charge in [-0.05, 0) is 44.7 Å². The molecule has 1 unspecified atom stereocenters. The predicted molar refractivity (Wildman–Crippen MR) is 98.9 cm³/mol. The molecular formula is C20H28N2O4. The van der Waals surface area contributed by atoms with Crippen LogP contribution in [0.4, 0.5) is 0 Å². The molecule has 6 heteroatoms. The Morgan fingerprint density at radius 2 is 1.77 bits per heavy atom. The topological polar surface area (TPSA) is 86.7 Å². The third-order valence-electron chi connectivity index (χ3n) is 4.78. The van der Waals surface area contributed by atoms with Crippen molar-refractivity contribution in [1.29, 1.82) is 0 Å². The van der Waals surface area contributed by atoms with Gasteiger partial charge >= 0.3 is 5.97 Å². The SMILES string of the molecule is Cc1cc(C)cc(C(=O)N2CCCC(C(=O)N[C@@H](C(=O)O)C(C)C)C2)c1. The number of nitrogens with zero attached hydrogens (tertiary/aromatic N) is 1. The molecule has 6 nitrogen and oxygen atoms in total. The van der Waals surface area contributed by atoms with Gasteiger partial charge in [0.15, 0.2) is 0 Å². The van der Waals surface area contributed by atoms with Gasteiger partial charge in [0.25, 0.3) is 5.91 Å². The number of carbonyl (C=O) groups is 3. The zero-order chi connectivity index (χ0) is 19.4. The van der Waals surface area contributed by atoms with Gasteiger partial charge in [-0.1, -0.05) is 31.0 Å². The van der Waals surface area contributed by atoms with Crippen molar-refractivity contribution in [2.24, 2.45) is 11.8 Å². The van der Waals surface area contributed by atoms with Crippen molar-refractivity contribution in [3.63, 3.8) is 0 Å². The van der Waals surface area contributed by atoms with Gasteiger partial charge in [0.05, 0.1) is 5.92 Å². The Morgan fingerprint density at radius 3 is 2.31 bits per heavy atom. The molecule has 2 atom stereocenters. The average Bonchev–Trinajstić information content (AvgIpc) is 2.57. The van der Waals surface area contributed by atoms with Gasteiger partial charge in [0.1, 0.15) is 6.04 Å². The highest BCUT2D eigenvalue weighted by atomic mass is 16.4. The lowest BCUT2D eigenvalue weighted by atomic mass is 9.95. The van der Waals surface area contributed by atoms with Crippen LogP contribution in [0.5, 0.6) is 0 Å². The van der Waals surface area contributed by atoms with Crippen LogP contribution in [0, 0.1) is 25.7 Å². The van der Waals surface area contributed by atoms with E-state index in [1.165, 1.54) is 0 Å². The standard InChI is InChI=1S/C20H28N2O4/c1-12(2)17(20(25)26)21-18(23)15-6-5-7-22(11-15)19(24)16-9-13(3)8-14(4)10-16/h8-10,12,15,17H,5-7,11H2,1-4H3,(H,21,23)(H,25,26)/t15?,17-/m1/s1. The molecule has 26 heavy (non-hydrogen) atoms. The first-order valence-electron chi connectivity index (χ1n) is 9.09. The molecule has 2 N–H and O–H groups in total. The van der Waals surface area contributed by atoms with Crippen molar-refractivity contribution < 1.29 is 19.5 Å². The molecule has 0 aliphatic carbocycles. The van der Waals surface area contributed by atoms with Crippen LogP contribution >= 0.6 is 0 Å². The van der Waals surface area contributed by atoms with E-state index >= 15 is 0 Å². The van der Waals surface area contributed by atoms with Crippen LogP contribution < -0.4 is 5.32 Å². The van der Waals surface area contributed by atoms with Gasteiger partial charge in [0, 0.05) is 18.7 Å². The Kier molecular flexibility index (Phi) is 6.40. The zero-order valence-electron chi connectivity index (χ0n) is 15.9. The quantitative estimate of drug-likeness (QED) is 0.844. The molecule has 1 aromatic rings. The van der Waals surface area contributed by atoms with E-state index in [-0.39, 0.29) is 23.7 Å². The van der Waals surface area contributed by atoms with Crippen molar-refractivity contribution in [1.82, 2.24) is 10.2 Å². The molecule has 1 fully saturated rings. The van der Waals surface area contributed by atoms with E-state index in [9.17, 15) is 19.5 Å². The van der Waals surface area contributed by atoms with Gasteiger partial charge in [-0.2, -0.15) is 0 Å². The van der Waals surface area contributed by atoms with E-state index in [2.05, 4.69) is 5.32 Å². The summed E-state index contributed by atoms with van der Waals surface area (Å²) in [6.45, 7) is 8.36. The third kappa shape index (κ3) is 4.84.